The molecule has 0 aliphatic carbocycles. The molecule has 0 radical (unpaired) electrons. The summed E-state index contributed by atoms with van der Waals surface area (Å²) < 4.78 is 5.26. The molecule has 0 saturated heterocycles. The lowest BCUT2D eigenvalue weighted by molar-refractivity contribution is -0.107. The first-order valence-corrected chi connectivity index (χ1v) is 4.18. The van der Waals surface area contributed by atoms with Crippen molar-refractivity contribution in [2.75, 3.05) is 0 Å². The molecular weight excluding hydrogens is 154 g/mol. The maximum atomic E-state index is 9.98. The zero-order chi connectivity index (χ0) is 8.81. The van der Waals surface area contributed by atoms with Gasteiger partial charge in [-0.1, -0.05) is 0 Å². The Labute approximate surface area is 71.8 Å². The van der Waals surface area contributed by atoms with Crippen LogP contribution in [-0.4, -0.2) is 11.3 Å². The van der Waals surface area contributed by atoms with Crippen molar-refractivity contribution < 1.29 is 9.21 Å². The topological polar surface area (TPSA) is 43.1 Å². The van der Waals surface area contributed by atoms with Crippen LogP contribution in [0.25, 0.3) is 0 Å². The number of aryl methyl sites for hydroxylation is 2. The standard InChI is InChI=1S/C9H13NO2/c1-8-7-10-9(12-8)5-3-2-4-6-11/h6-7H,2-5H2,1H3. The molecule has 1 aromatic rings. The minimum absolute atomic E-state index is 0.639. The molecule has 1 heterocycles. The normalized spacial score (nSPS) is 10.1. The van der Waals surface area contributed by atoms with Crippen LogP contribution in [0, 0.1) is 6.92 Å². The van der Waals surface area contributed by atoms with Gasteiger partial charge in [-0.25, -0.2) is 4.98 Å². The predicted molar refractivity (Wildman–Crippen MR) is 44.9 cm³/mol. The molecule has 3 heteroatoms. The Morgan fingerprint density at radius 3 is 3.00 bits per heavy atom. The van der Waals surface area contributed by atoms with Crippen LogP contribution >= 0.6 is 0 Å². The monoisotopic (exact) mass is 167 g/mol. The summed E-state index contributed by atoms with van der Waals surface area (Å²) >= 11 is 0. The summed E-state index contributed by atoms with van der Waals surface area (Å²) in [5.41, 5.74) is 0. The quantitative estimate of drug-likeness (QED) is 0.497. The molecule has 0 bridgehead atoms. The van der Waals surface area contributed by atoms with Crippen molar-refractivity contribution >= 4 is 6.29 Å². The lowest BCUT2D eigenvalue weighted by atomic mass is 10.2. The highest BCUT2D eigenvalue weighted by Gasteiger charge is 1.98. The Balaban J connectivity index is 2.19. The predicted octanol–water partition coefficient (Wildman–Crippen LogP) is 1.89. The van der Waals surface area contributed by atoms with Crippen LogP contribution in [0.5, 0.6) is 0 Å². The van der Waals surface area contributed by atoms with Gasteiger partial charge in [0.25, 0.3) is 0 Å². The number of unbranched alkanes of at least 4 members (excludes halogenated alkanes) is 2. The summed E-state index contributed by atoms with van der Waals surface area (Å²) in [4.78, 5) is 14.0. The molecule has 66 valence electrons. The van der Waals surface area contributed by atoms with Gasteiger partial charge in [-0.05, 0) is 19.8 Å². The van der Waals surface area contributed by atoms with Crippen LogP contribution in [0.2, 0.25) is 0 Å². The van der Waals surface area contributed by atoms with E-state index in [-0.39, 0.29) is 0 Å². The van der Waals surface area contributed by atoms with Crippen LogP contribution in [-0.2, 0) is 11.2 Å². The fraction of sp³-hybridized carbons (Fsp3) is 0.556. The number of oxazole rings is 1. The van der Waals surface area contributed by atoms with Gasteiger partial charge in [0.05, 0.1) is 6.20 Å². The van der Waals surface area contributed by atoms with Crippen molar-refractivity contribution in [2.45, 2.75) is 32.6 Å². The van der Waals surface area contributed by atoms with E-state index in [9.17, 15) is 4.79 Å². The van der Waals surface area contributed by atoms with Crippen LogP contribution in [0.1, 0.15) is 30.9 Å². The van der Waals surface area contributed by atoms with Crippen molar-refractivity contribution in [3.8, 4) is 0 Å². The molecule has 0 N–H and O–H groups in total. The molecule has 0 aliphatic heterocycles. The van der Waals surface area contributed by atoms with Gasteiger partial charge >= 0.3 is 0 Å². The van der Waals surface area contributed by atoms with Gasteiger partial charge in [-0.2, -0.15) is 0 Å². The van der Waals surface area contributed by atoms with Gasteiger partial charge in [0.15, 0.2) is 5.89 Å². The number of hydrogen-bond donors (Lipinski definition) is 0. The molecule has 0 aliphatic rings. The molecule has 0 spiro atoms. The van der Waals surface area contributed by atoms with Crippen molar-refractivity contribution in [1.82, 2.24) is 4.98 Å². The summed E-state index contributed by atoms with van der Waals surface area (Å²) in [7, 11) is 0. The summed E-state index contributed by atoms with van der Waals surface area (Å²) in [5, 5.41) is 0. The van der Waals surface area contributed by atoms with Crippen LogP contribution < -0.4 is 0 Å². The second kappa shape index (κ2) is 4.70. The van der Waals surface area contributed by atoms with Crippen molar-refractivity contribution in [3.63, 3.8) is 0 Å². The van der Waals surface area contributed by atoms with E-state index >= 15 is 0 Å². The largest absolute Gasteiger partial charge is 0.446 e. The Morgan fingerprint density at radius 1 is 1.58 bits per heavy atom. The van der Waals surface area contributed by atoms with E-state index in [1.165, 1.54) is 0 Å². The first-order valence-electron chi connectivity index (χ1n) is 4.18. The molecule has 0 amide bonds. The van der Waals surface area contributed by atoms with Crippen LogP contribution in [0.3, 0.4) is 0 Å². The molecule has 3 nitrogen and oxygen atoms in total. The zero-order valence-corrected chi connectivity index (χ0v) is 7.25. The molecule has 1 rings (SSSR count). The summed E-state index contributed by atoms with van der Waals surface area (Å²) in [6, 6.07) is 0. The highest BCUT2D eigenvalue weighted by atomic mass is 16.3. The Hall–Kier alpha value is -1.12. The SMILES string of the molecule is Cc1cnc(CCCCC=O)o1. The minimum atomic E-state index is 0.639. The maximum Gasteiger partial charge on any atom is 0.194 e. The summed E-state index contributed by atoms with van der Waals surface area (Å²) in [5.74, 6) is 1.62. The third-order valence-electron chi connectivity index (χ3n) is 1.63. The van der Waals surface area contributed by atoms with Crippen molar-refractivity contribution in [1.29, 1.82) is 0 Å². The Kier molecular flexibility index (Phi) is 3.51. The molecule has 0 fully saturated rings. The highest BCUT2D eigenvalue weighted by Crippen LogP contribution is 2.06. The van der Waals surface area contributed by atoms with E-state index in [0.29, 0.717) is 6.42 Å². The molecule has 12 heavy (non-hydrogen) atoms. The third-order valence-corrected chi connectivity index (χ3v) is 1.63. The number of rotatable bonds is 5. The van der Waals surface area contributed by atoms with E-state index in [2.05, 4.69) is 4.98 Å². The molecule has 0 aromatic carbocycles. The maximum absolute atomic E-state index is 9.98. The molecule has 0 unspecified atom stereocenters. The van der Waals surface area contributed by atoms with E-state index in [0.717, 1.165) is 37.2 Å². The molecule has 1 aromatic heterocycles. The van der Waals surface area contributed by atoms with Crippen molar-refractivity contribution in [3.05, 3.63) is 17.8 Å². The smallest absolute Gasteiger partial charge is 0.194 e. The van der Waals surface area contributed by atoms with E-state index in [1.807, 2.05) is 6.92 Å². The third kappa shape index (κ3) is 2.86. The Bertz CT molecular complexity index is 242. The lowest BCUT2D eigenvalue weighted by Crippen LogP contribution is -1.85. The number of carbonyl (C=O) groups excluding carboxylic acids is 1. The number of aromatic nitrogens is 1. The molecule has 0 saturated carbocycles. The average Bonchev–Trinajstić information content (AvgIpc) is 2.45. The van der Waals surface area contributed by atoms with Gasteiger partial charge in [0.1, 0.15) is 12.0 Å². The zero-order valence-electron chi connectivity index (χ0n) is 7.25. The van der Waals surface area contributed by atoms with Crippen molar-refractivity contribution in [2.24, 2.45) is 0 Å². The number of hydrogen-bond acceptors (Lipinski definition) is 3. The fourth-order valence-electron chi connectivity index (χ4n) is 1.02. The van der Waals surface area contributed by atoms with Gasteiger partial charge in [-0.15, -0.1) is 0 Å². The first-order chi connectivity index (χ1) is 5.83. The second-order valence-electron chi connectivity index (χ2n) is 2.78. The van der Waals surface area contributed by atoms with Gasteiger partial charge in [0.2, 0.25) is 0 Å². The van der Waals surface area contributed by atoms with Gasteiger partial charge in [0, 0.05) is 12.8 Å². The Morgan fingerprint density at radius 2 is 2.42 bits per heavy atom. The summed E-state index contributed by atoms with van der Waals surface area (Å²) in [6.45, 7) is 1.88. The van der Waals surface area contributed by atoms with Crippen LogP contribution in [0.15, 0.2) is 10.6 Å². The fourth-order valence-corrected chi connectivity index (χ4v) is 1.02. The van der Waals surface area contributed by atoms with E-state index in [4.69, 9.17) is 4.42 Å². The summed E-state index contributed by atoms with van der Waals surface area (Å²) in [6.07, 6.45) is 6.03. The second-order valence-corrected chi connectivity index (χ2v) is 2.78. The van der Waals surface area contributed by atoms with Crippen LogP contribution in [0.4, 0.5) is 0 Å². The minimum Gasteiger partial charge on any atom is -0.446 e. The highest BCUT2D eigenvalue weighted by molar-refractivity contribution is 5.48. The average molecular weight is 167 g/mol. The van der Waals surface area contributed by atoms with Gasteiger partial charge < -0.3 is 9.21 Å². The van der Waals surface area contributed by atoms with E-state index < -0.39 is 0 Å². The number of nitrogens with zero attached hydrogens (tertiary/aromatic N) is 1. The first kappa shape index (κ1) is 8.97. The molecule has 0 atom stereocenters. The van der Waals surface area contributed by atoms with E-state index in [1.54, 1.807) is 6.20 Å². The number of aldehydes is 1. The van der Waals surface area contributed by atoms with Gasteiger partial charge in [-0.3, -0.25) is 0 Å². The number of carbonyl (C=O) groups is 1. The lowest BCUT2D eigenvalue weighted by Gasteiger charge is -1.92. The molecular formula is C9H13NO2.